The van der Waals surface area contributed by atoms with Crippen molar-refractivity contribution in [2.45, 2.75) is 0 Å². The number of rotatable bonds is 12. The Kier molecular flexibility index (Phi) is 11.7. The first-order valence-electron chi connectivity index (χ1n) is 23.1. The summed E-state index contributed by atoms with van der Waals surface area (Å²) in [5.74, 6) is 0. The number of anilines is 6. The van der Waals surface area contributed by atoms with Crippen LogP contribution in [0.3, 0.4) is 0 Å². The maximum Gasteiger partial charge on any atom is 0.0973 e. The van der Waals surface area contributed by atoms with Crippen molar-refractivity contribution in [2.24, 2.45) is 0 Å². The number of hydrogen-bond acceptors (Lipinski definition) is 2. The highest BCUT2D eigenvalue weighted by atomic mass is 15.1. The van der Waals surface area contributed by atoms with Crippen molar-refractivity contribution in [3.05, 3.63) is 290 Å². The van der Waals surface area contributed by atoms with Gasteiger partial charge >= 0.3 is 0 Å². The fourth-order valence-electron chi connectivity index (χ4n) is 8.89. The minimum Gasteiger partial charge on any atom is -0.310 e. The fourth-order valence-corrected chi connectivity index (χ4v) is 8.89. The average molecular weight is 867 g/mol. The van der Waals surface area contributed by atoms with Crippen molar-refractivity contribution in [3.8, 4) is 44.5 Å². The van der Waals surface area contributed by atoms with Crippen molar-refractivity contribution < 1.29 is 0 Å². The number of hydrogen-bond donors (Lipinski definition) is 0. The lowest BCUT2D eigenvalue weighted by Gasteiger charge is -2.26. The van der Waals surface area contributed by atoms with E-state index in [-0.39, 0.29) is 0 Å². The molecule has 11 rings (SSSR count). The molecular formula is C66H46N2. The third-order valence-corrected chi connectivity index (χ3v) is 12.5. The van der Waals surface area contributed by atoms with E-state index in [1.54, 1.807) is 0 Å². The lowest BCUT2D eigenvalue weighted by molar-refractivity contribution is 1.28. The van der Waals surface area contributed by atoms with Gasteiger partial charge in [-0.25, -0.2) is 0 Å². The largest absolute Gasteiger partial charge is 0.310 e. The summed E-state index contributed by atoms with van der Waals surface area (Å²) in [5, 5.41) is 2.36. The number of nitrogens with zero attached hydrogens (tertiary/aromatic N) is 2. The van der Waals surface area contributed by atoms with E-state index in [1.165, 1.54) is 44.2 Å². The summed E-state index contributed by atoms with van der Waals surface area (Å²) in [6, 6.07) is 102. The second-order valence-electron chi connectivity index (χ2n) is 16.9. The van der Waals surface area contributed by atoms with Crippen LogP contribution in [0.25, 0.3) is 67.4 Å². The summed E-state index contributed by atoms with van der Waals surface area (Å²) in [6.07, 6.45) is 4.38. The molecule has 0 heterocycles. The second kappa shape index (κ2) is 19.1. The molecule has 0 fully saturated rings. The molecule has 0 unspecified atom stereocenters. The highest BCUT2D eigenvalue weighted by Gasteiger charge is 2.16. The summed E-state index contributed by atoms with van der Waals surface area (Å²) in [5.41, 5.74) is 17.9. The molecule has 68 heavy (non-hydrogen) atoms. The van der Waals surface area contributed by atoms with Gasteiger partial charge in [-0.15, -0.1) is 0 Å². The quantitative estimate of drug-likeness (QED) is 0.113. The molecular weight excluding hydrogens is 821 g/mol. The first kappa shape index (κ1) is 41.5. The topological polar surface area (TPSA) is 6.48 Å². The van der Waals surface area contributed by atoms with Gasteiger partial charge in [-0.05, 0) is 146 Å². The molecule has 11 aromatic rings. The van der Waals surface area contributed by atoms with E-state index in [2.05, 4.69) is 295 Å². The summed E-state index contributed by atoms with van der Waals surface area (Å²) in [4.78, 5) is 4.59. The van der Waals surface area contributed by atoms with Gasteiger partial charge < -0.3 is 9.80 Å². The van der Waals surface area contributed by atoms with Crippen molar-refractivity contribution in [2.75, 3.05) is 9.80 Å². The van der Waals surface area contributed by atoms with Gasteiger partial charge in [-0.2, -0.15) is 0 Å². The molecule has 0 aliphatic rings. The van der Waals surface area contributed by atoms with Crippen LogP contribution in [0.4, 0.5) is 34.1 Å². The molecule has 0 amide bonds. The van der Waals surface area contributed by atoms with Crippen LogP contribution in [-0.4, -0.2) is 0 Å². The highest BCUT2D eigenvalue weighted by molar-refractivity contribution is 5.92. The zero-order valence-corrected chi connectivity index (χ0v) is 37.5. The smallest absolute Gasteiger partial charge is 0.0973 e. The Morgan fingerprint density at radius 1 is 0.250 bits per heavy atom. The van der Waals surface area contributed by atoms with E-state index < -0.39 is 0 Å². The zero-order chi connectivity index (χ0) is 45.5. The maximum atomic E-state index is 3.48. The van der Waals surface area contributed by atoms with Gasteiger partial charge in [0.25, 0.3) is 0 Å². The van der Waals surface area contributed by atoms with Gasteiger partial charge in [-0.3, -0.25) is 0 Å². The van der Waals surface area contributed by atoms with Crippen LogP contribution in [0.15, 0.2) is 267 Å². The summed E-state index contributed by atoms with van der Waals surface area (Å²) in [7, 11) is 0. The van der Waals surface area contributed by atoms with Crippen molar-refractivity contribution in [3.63, 3.8) is 0 Å². The van der Waals surface area contributed by atoms with Gasteiger partial charge in [-0.1, -0.05) is 206 Å². The molecule has 0 radical (unpaired) electrons. The SMILES string of the molecule is c1c(-c2ccccc2)ccc(N(c2ccc(/C=C/c3ccc4cc(N(c5ccc(-c6ccccc6)cc5)c5ccc(-c6ccccc6)cc5)ccc4c3)cc2)c2ccc(-c3ccccc3)cc2)c#1. The van der Waals surface area contributed by atoms with Gasteiger partial charge in [0, 0.05) is 34.0 Å². The Labute approximate surface area is 399 Å². The predicted octanol–water partition coefficient (Wildman–Crippen LogP) is 18.2. The summed E-state index contributed by atoms with van der Waals surface area (Å²) < 4.78 is 0. The Balaban J connectivity index is 0.860. The lowest BCUT2D eigenvalue weighted by atomic mass is 10.0. The normalized spacial score (nSPS) is 11.1. The van der Waals surface area contributed by atoms with Crippen LogP contribution in [0.5, 0.6) is 0 Å². The molecule has 0 aromatic heterocycles. The van der Waals surface area contributed by atoms with Crippen molar-refractivity contribution >= 4 is 57.0 Å². The van der Waals surface area contributed by atoms with E-state index in [0.717, 1.165) is 56.4 Å². The third kappa shape index (κ3) is 9.06. The van der Waals surface area contributed by atoms with Crippen LogP contribution < -0.4 is 9.80 Å². The predicted molar refractivity (Wildman–Crippen MR) is 288 cm³/mol. The van der Waals surface area contributed by atoms with Crippen LogP contribution in [0, 0.1) is 12.1 Å². The fraction of sp³-hybridized carbons (Fsp3) is 0. The summed E-state index contributed by atoms with van der Waals surface area (Å²) in [6.45, 7) is 0. The van der Waals surface area contributed by atoms with Gasteiger partial charge in [0.2, 0.25) is 0 Å². The molecule has 2 nitrogen and oxygen atoms in total. The van der Waals surface area contributed by atoms with Crippen LogP contribution >= 0.6 is 0 Å². The van der Waals surface area contributed by atoms with E-state index in [9.17, 15) is 0 Å². The molecule has 0 bridgehead atoms. The standard InChI is InChI=1S/C66H46N2/c1-5-13-51(14-6-1)55-27-38-62(39-28-55)67(63-40-29-56(30-41-63)52-15-7-2-8-16-52)61-36-24-49(25-37-61)21-22-50-23-26-60-48-66(46-35-59(60)47-50)68(64-42-31-57(32-43-64)53-17-9-3-10-18-53)65-44-33-58(34-45-65)54-19-11-4-12-20-54/h1-29,31-40,42-48H/b22-21+. The minimum atomic E-state index is 0.921. The van der Waals surface area contributed by atoms with E-state index in [0.29, 0.717) is 0 Å². The first-order chi connectivity index (χ1) is 33.7. The Morgan fingerprint density at radius 3 is 1.09 bits per heavy atom. The minimum absolute atomic E-state index is 0.921. The highest BCUT2D eigenvalue weighted by Crippen LogP contribution is 2.39. The third-order valence-electron chi connectivity index (χ3n) is 12.5. The molecule has 0 saturated heterocycles. The number of benzene rings is 10. The lowest BCUT2D eigenvalue weighted by Crippen LogP contribution is -2.09. The molecule has 0 N–H and O–H groups in total. The van der Waals surface area contributed by atoms with Crippen LogP contribution in [-0.2, 0) is 0 Å². The molecule has 320 valence electrons. The Hall–Kier alpha value is -9.16. The average Bonchev–Trinajstić information content (AvgIpc) is 3.42. The van der Waals surface area contributed by atoms with E-state index in [1.807, 2.05) is 6.07 Å². The monoisotopic (exact) mass is 866 g/mol. The molecule has 11 aromatic carbocycles. The second-order valence-corrected chi connectivity index (χ2v) is 16.9. The van der Waals surface area contributed by atoms with E-state index >= 15 is 0 Å². The van der Waals surface area contributed by atoms with Gasteiger partial charge in [0.1, 0.15) is 0 Å². The molecule has 0 aliphatic carbocycles. The van der Waals surface area contributed by atoms with E-state index in [4.69, 9.17) is 0 Å². The van der Waals surface area contributed by atoms with Crippen molar-refractivity contribution in [1.82, 2.24) is 0 Å². The maximum absolute atomic E-state index is 3.48. The number of fused-ring (bicyclic) bond motifs is 1. The molecule has 0 aliphatic heterocycles. The van der Waals surface area contributed by atoms with Crippen molar-refractivity contribution in [1.29, 1.82) is 0 Å². The van der Waals surface area contributed by atoms with Gasteiger partial charge in [0.05, 0.1) is 5.69 Å². The molecule has 0 atom stereocenters. The Morgan fingerprint density at radius 2 is 0.618 bits per heavy atom. The van der Waals surface area contributed by atoms with Crippen LogP contribution in [0.2, 0.25) is 0 Å². The zero-order valence-electron chi connectivity index (χ0n) is 37.5. The molecule has 0 spiro atoms. The van der Waals surface area contributed by atoms with Crippen LogP contribution in [0.1, 0.15) is 11.1 Å². The van der Waals surface area contributed by atoms with Gasteiger partial charge in [0.15, 0.2) is 0 Å². The molecule has 0 saturated carbocycles. The Bertz CT molecular complexity index is 3250. The first-order valence-corrected chi connectivity index (χ1v) is 23.1. The summed E-state index contributed by atoms with van der Waals surface area (Å²) >= 11 is 0. The molecule has 2 heteroatoms.